The number of carboxylic acid groups (broad SMARTS) is 1. The molecule has 1 saturated heterocycles. The second-order valence-corrected chi connectivity index (χ2v) is 6.12. The topological polar surface area (TPSA) is 96.8 Å². The van der Waals surface area contributed by atoms with E-state index in [-0.39, 0.29) is 13.0 Å². The minimum Gasteiger partial charge on any atom is -0.480 e. The highest BCUT2D eigenvalue weighted by molar-refractivity contribution is 7.89. The predicted molar refractivity (Wildman–Crippen MR) is 64.9 cm³/mol. The molecule has 0 saturated carbocycles. The molecule has 2 atom stereocenters. The van der Waals surface area contributed by atoms with Gasteiger partial charge >= 0.3 is 5.97 Å². The van der Waals surface area contributed by atoms with Gasteiger partial charge in [0, 0.05) is 26.3 Å². The van der Waals surface area contributed by atoms with Crippen molar-refractivity contribution in [3.8, 4) is 0 Å². The molecule has 0 radical (unpaired) electrons. The molecular formula is C11H13FN2O5S. The molecule has 0 aromatic carbocycles. The van der Waals surface area contributed by atoms with E-state index in [1.54, 1.807) is 0 Å². The zero-order valence-electron chi connectivity index (χ0n) is 10.6. The molecule has 1 N–H and O–H groups in total. The lowest BCUT2D eigenvalue weighted by Crippen LogP contribution is -2.41. The van der Waals surface area contributed by atoms with Crippen molar-refractivity contribution >= 4 is 16.0 Å². The average Bonchev–Trinajstić information content (AvgIpc) is 2.84. The molecule has 2 unspecified atom stereocenters. The van der Waals surface area contributed by atoms with Crippen molar-refractivity contribution in [2.24, 2.45) is 0 Å². The Hall–Kier alpha value is -1.58. The number of hydrogen-bond donors (Lipinski definition) is 1. The number of pyridine rings is 1. The molecular weight excluding hydrogens is 291 g/mol. The Morgan fingerprint density at radius 1 is 1.60 bits per heavy atom. The van der Waals surface area contributed by atoms with E-state index in [0.29, 0.717) is 0 Å². The first-order valence-electron chi connectivity index (χ1n) is 5.76. The van der Waals surface area contributed by atoms with Crippen LogP contribution in [-0.2, 0) is 19.6 Å². The summed E-state index contributed by atoms with van der Waals surface area (Å²) in [6.07, 6.45) is 0.604. The molecule has 1 aromatic heterocycles. The van der Waals surface area contributed by atoms with Crippen molar-refractivity contribution < 1.29 is 27.4 Å². The fraction of sp³-hybridized carbons (Fsp3) is 0.455. The van der Waals surface area contributed by atoms with Crippen LogP contribution >= 0.6 is 0 Å². The van der Waals surface area contributed by atoms with Gasteiger partial charge in [-0.3, -0.25) is 4.79 Å². The summed E-state index contributed by atoms with van der Waals surface area (Å²) in [5.41, 5.74) is 0. The molecule has 9 heteroatoms. The zero-order chi connectivity index (χ0) is 14.9. The maximum Gasteiger partial charge on any atom is 0.322 e. The number of aliphatic carboxylic acids is 1. The molecule has 0 amide bonds. The van der Waals surface area contributed by atoms with Crippen molar-refractivity contribution in [3.63, 3.8) is 0 Å². The SMILES string of the molecule is COC1CC(C(=O)O)N(S(=O)(=O)c2ncccc2F)C1. The van der Waals surface area contributed by atoms with Crippen molar-refractivity contribution in [1.82, 2.24) is 9.29 Å². The van der Waals surface area contributed by atoms with Crippen LogP contribution in [0.4, 0.5) is 4.39 Å². The lowest BCUT2D eigenvalue weighted by Gasteiger charge is -2.20. The first-order chi connectivity index (χ1) is 9.37. The van der Waals surface area contributed by atoms with Gasteiger partial charge in [-0.05, 0) is 12.1 Å². The number of nitrogens with zero attached hydrogens (tertiary/aromatic N) is 2. The summed E-state index contributed by atoms with van der Waals surface area (Å²) in [5, 5.41) is 8.33. The largest absolute Gasteiger partial charge is 0.480 e. The van der Waals surface area contributed by atoms with Gasteiger partial charge in [0.05, 0.1) is 6.10 Å². The van der Waals surface area contributed by atoms with E-state index in [1.807, 2.05) is 0 Å². The summed E-state index contributed by atoms with van der Waals surface area (Å²) in [6.45, 7) is -0.147. The Labute approximate surface area is 115 Å². The maximum atomic E-state index is 13.6. The quantitative estimate of drug-likeness (QED) is 0.846. The highest BCUT2D eigenvalue weighted by atomic mass is 32.2. The minimum absolute atomic E-state index is 0.0134. The van der Waals surface area contributed by atoms with Crippen LogP contribution in [0.3, 0.4) is 0 Å². The summed E-state index contributed by atoms with van der Waals surface area (Å²) in [7, 11) is -2.96. The third kappa shape index (κ3) is 2.51. The van der Waals surface area contributed by atoms with E-state index in [0.717, 1.165) is 16.6 Å². The second-order valence-electron chi connectivity index (χ2n) is 4.31. The smallest absolute Gasteiger partial charge is 0.322 e. The number of halogens is 1. The molecule has 1 aromatic rings. The Kier molecular flexibility index (Phi) is 4.02. The van der Waals surface area contributed by atoms with Gasteiger partial charge in [-0.2, -0.15) is 4.31 Å². The molecule has 20 heavy (non-hydrogen) atoms. The van der Waals surface area contributed by atoms with Crippen LogP contribution in [0.1, 0.15) is 6.42 Å². The summed E-state index contributed by atoms with van der Waals surface area (Å²) < 4.78 is 44.0. The number of ether oxygens (including phenoxy) is 1. The number of carboxylic acids is 1. The van der Waals surface area contributed by atoms with Gasteiger partial charge in [-0.1, -0.05) is 0 Å². The highest BCUT2D eigenvalue weighted by Gasteiger charge is 2.45. The molecule has 1 aliphatic heterocycles. The van der Waals surface area contributed by atoms with E-state index >= 15 is 0 Å². The fourth-order valence-corrected chi connectivity index (χ4v) is 3.71. The molecule has 2 heterocycles. The Balaban J connectivity index is 2.43. The van der Waals surface area contributed by atoms with Crippen molar-refractivity contribution in [1.29, 1.82) is 0 Å². The molecule has 1 aliphatic rings. The standard InChI is InChI=1S/C11H13FN2O5S/c1-19-7-5-9(11(15)16)14(6-7)20(17,18)10-8(12)3-2-4-13-10/h2-4,7,9H,5-6H2,1H3,(H,15,16). The third-order valence-electron chi connectivity index (χ3n) is 3.11. The van der Waals surface area contributed by atoms with Crippen LogP contribution in [0.25, 0.3) is 0 Å². The van der Waals surface area contributed by atoms with Crippen LogP contribution in [0, 0.1) is 5.82 Å². The summed E-state index contributed by atoms with van der Waals surface area (Å²) in [4.78, 5) is 14.7. The zero-order valence-corrected chi connectivity index (χ0v) is 11.4. The number of sulfonamides is 1. The Bertz CT molecular complexity index is 621. The van der Waals surface area contributed by atoms with E-state index in [4.69, 9.17) is 9.84 Å². The van der Waals surface area contributed by atoms with Gasteiger partial charge < -0.3 is 9.84 Å². The van der Waals surface area contributed by atoms with Crippen LogP contribution in [0.2, 0.25) is 0 Å². The van der Waals surface area contributed by atoms with Crippen LogP contribution in [0.5, 0.6) is 0 Å². The van der Waals surface area contributed by atoms with E-state index < -0.39 is 39.0 Å². The molecule has 7 nitrogen and oxygen atoms in total. The van der Waals surface area contributed by atoms with Crippen molar-refractivity contribution in [2.45, 2.75) is 23.6 Å². The lowest BCUT2D eigenvalue weighted by molar-refractivity contribution is -0.140. The average molecular weight is 304 g/mol. The van der Waals surface area contributed by atoms with Gasteiger partial charge in [0.2, 0.25) is 5.03 Å². The molecule has 2 rings (SSSR count). The molecule has 110 valence electrons. The Morgan fingerprint density at radius 2 is 2.30 bits per heavy atom. The summed E-state index contributed by atoms with van der Waals surface area (Å²) >= 11 is 0. The number of methoxy groups -OCH3 is 1. The summed E-state index contributed by atoms with van der Waals surface area (Å²) in [6, 6.07) is 0.927. The van der Waals surface area contributed by atoms with E-state index in [2.05, 4.69) is 4.98 Å². The number of hydrogen-bond acceptors (Lipinski definition) is 5. The van der Waals surface area contributed by atoms with Crippen LogP contribution in [0.15, 0.2) is 23.4 Å². The molecule has 0 bridgehead atoms. The number of aromatic nitrogens is 1. The van der Waals surface area contributed by atoms with Crippen molar-refractivity contribution in [2.75, 3.05) is 13.7 Å². The highest BCUT2D eigenvalue weighted by Crippen LogP contribution is 2.27. The van der Waals surface area contributed by atoms with Gasteiger partial charge in [0.25, 0.3) is 10.0 Å². The maximum absolute atomic E-state index is 13.6. The Morgan fingerprint density at radius 3 is 2.85 bits per heavy atom. The van der Waals surface area contributed by atoms with Crippen molar-refractivity contribution in [3.05, 3.63) is 24.1 Å². The molecule has 1 fully saturated rings. The third-order valence-corrected chi connectivity index (χ3v) is 4.92. The molecule has 0 spiro atoms. The van der Waals surface area contributed by atoms with Gasteiger partial charge in [-0.25, -0.2) is 17.8 Å². The summed E-state index contributed by atoms with van der Waals surface area (Å²) in [5.74, 6) is -2.32. The second kappa shape index (κ2) is 5.43. The van der Waals surface area contributed by atoms with Crippen LogP contribution < -0.4 is 0 Å². The van der Waals surface area contributed by atoms with Gasteiger partial charge in [0.15, 0.2) is 5.82 Å². The van der Waals surface area contributed by atoms with E-state index in [1.165, 1.54) is 13.2 Å². The van der Waals surface area contributed by atoms with E-state index in [9.17, 15) is 17.6 Å². The monoisotopic (exact) mass is 304 g/mol. The fourth-order valence-electron chi connectivity index (χ4n) is 2.10. The minimum atomic E-state index is -4.32. The number of rotatable bonds is 4. The van der Waals surface area contributed by atoms with Crippen LogP contribution in [-0.4, -0.2) is 54.6 Å². The first kappa shape index (κ1) is 14.8. The normalized spacial score (nSPS) is 23.9. The number of carbonyl (C=O) groups is 1. The van der Waals surface area contributed by atoms with Gasteiger partial charge in [0.1, 0.15) is 6.04 Å². The first-order valence-corrected chi connectivity index (χ1v) is 7.20. The molecule has 0 aliphatic carbocycles. The lowest BCUT2D eigenvalue weighted by atomic mass is 10.2. The van der Waals surface area contributed by atoms with Gasteiger partial charge in [-0.15, -0.1) is 0 Å². The predicted octanol–water partition coefficient (Wildman–Crippen LogP) is 0.0833.